The van der Waals surface area contributed by atoms with Gasteiger partial charge in [-0.3, -0.25) is 9.59 Å². The lowest BCUT2D eigenvalue weighted by Crippen LogP contribution is -2.68. The number of ether oxygens (including phenoxy) is 2. The second-order valence-corrected chi connectivity index (χ2v) is 10.7. The Hall–Kier alpha value is -2.63. The summed E-state index contributed by atoms with van der Waals surface area (Å²) in [6, 6.07) is 8.77. The Morgan fingerprint density at radius 2 is 1.97 bits per heavy atom. The van der Waals surface area contributed by atoms with Gasteiger partial charge in [0, 0.05) is 23.2 Å². The molecule has 0 radical (unpaired) electrons. The lowest BCUT2D eigenvalue weighted by atomic mass is 9.95. The largest absolute Gasteiger partial charge is 0.486 e. The van der Waals surface area contributed by atoms with E-state index in [9.17, 15) is 18.0 Å². The number of anilines is 1. The van der Waals surface area contributed by atoms with Crippen molar-refractivity contribution in [1.29, 1.82) is 0 Å². The first-order valence-corrected chi connectivity index (χ1v) is 12.4. The van der Waals surface area contributed by atoms with Crippen LogP contribution in [-0.4, -0.2) is 67.5 Å². The molecule has 1 fully saturated rings. The standard InChI is InChI=1S/C20H23N3O6S2/c1-20(19(25)21-14-5-6-16-17(10-14)29-8-7-28-16)13-22(31(2,26)27)12-18(24)23(20)11-15-4-3-9-30-15/h3-6,9-10H,7-8,11-13H2,1-2H3,(H,21,25). The molecule has 166 valence electrons. The van der Waals surface area contributed by atoms with Crippen LogP contribution in [0.5, 0.6) is 11.5 Å². The van der Waals surface area contributed by atoms with E-state index in [0.717, 1.165) is 15.4 Å². The lowest BCUT2D eigenvalue weighted by Gasteiger charge is -2.46. The van der Waals surface area contributed by atoms with Gasteiger partial charge in [-0.1, -0.05) is 6.07 Å². The van der Waals surface area contributed by atoms with Crippen molar-refractivity contribution in [3.63, 3.8) is 0 Å². The van der Waals surface area contributed by atoms with Crippen LogP contribution < -0.4 is 14.8 Å². The number of nitrogens with one attached hydrogen (secondary N) is 1. The molecule has 0 saturated carbocycles. The van der Waals surface area contributed by atoms with Gasteiger partial charge in [-0.2, -0.15) is 4.31 Å². The van der Waals surface area contributed by atoms with Crippen molar-refractivity contribution in [3.05, 3.63) is 40.6 Å². The number of rotatable bonds is 5. The van der Waals surface area contributed by atoms with Gasteiger partial charge >= 0.3 is 0 Å². The van der Waals surface area contributed by atoms with Crippen molar-refractivity contribution in [3.8, 4) is 11.5 Å². The van der Waals surface area contributed by atoms with Gasteiger partial charge in [-0.15, -0.1) is 11.3 Å². The summed E-state index contributed by atoms with van der Waals surface area (Å²) in [5, 5.41) is 4.71. The second-order valence-electron chi connectivity index (χ2n) is 7.68. The number of thiophene rings is 1. The number of nitrogens with zero attached hydrogens (tertiary/aromatic N) is 2. The van der Waals surface area contributed by atoms with Crippen molar-refractivity contribution in [2.24, 2.45) is 0 Å². The molecule has 1 aromatic carbocycles. The molecule has 2 aliphatic rings. The van der Waals surface area contributed by atoms with Crippen LogP contribution in [0.4, 0.5) is 5.69 Å². The normalized spacial score (nSPS) is 21.7. The number of carbonyl (C=O) groups excluding carboxylic acids is 2. The van der Waals surface area contributed by atoms with Crippen molar-refractivity contribution in [2.75, 3.05) is 37.9 Å². The number of sulfonamides is 1. The minimum absolute atomic E-state index is 0.140. The molecular weight excluding hydrogens is 442 g/mol. The average molecular weight is 466 g/mol. The first-order valence-electron chi connectivity index (χ1n) is 9.66. The van der Waals surface area contributed by atoms with Crippen molar-refractivity contribution < 1.29 is 27.5 Å². The van der Waals surface area contributed by atoms with E-state index in [-0.39, 0.29) is 19.6 Å². The highest BCUT2D eigenvalue weighted by Gasteiger charge is 2.49. The van der Waals surface area contributed by atoms with Gasteiger partial charge < -0.3 is 19.7 Å². The van der Waals surface area contributed by atoms with Crippen LogP contribution in [0, 0.1) is 0 Å². The first-order chi connectivity index (χ1) is 14.7. The van der Waals surface area contributed by atoms with E-state index in [2.05, 4.69) is 5.32 Å². The summed E-state index contributed by atoms with van der Waals surface area (Å²) < 4.78 is 36.5. The molecule has 0 aliphatic carbocycles. The van der Waals surface area contributed by atoms with Crippen LogP contribution in [-0.2, 0) is 26.2 Å². The Bertz CT molecular complexity index is 1100. The third kappa shape index (κ3) is 4.39. The number of hydrogen-bond donors (Lipinski definition) is 1. The fourth-order valence-electron chi connectivity index (χ4n) is 3.63. The second kappa shape index (κ2) is 8.13. The number of hydrogen-bond acceptors (Lipinski definition) is 7. The minimum atomic E-state index is -3.66. The first kappa shape index (κ1) is 21.6. The van der Waals surface area contributed by atoms with E-state index < -0.39 is 27.4 Å². The average Bonchev–Trinajstić information content (AvgIpc) is 3.23. The molecule has 1 saturated heterocycles. The lowest BCUT2D eigenvalue weighted by molar-refractivity contribution is -0.151. The van der Waals surface area contributed by atoms with E-state index in [0.29, 0.717) is 30.4 Å². The molecule has 2 amide bonds. The van der Waals surface area contributed by atoms with Gasteiger partial charge in [-0.25, -0.2) is 8.42 Å². The number of benzene rings is 1. The zero-order valence-corrected chi connectivity index (χ0v) is 18.8. The van der Waals surface area contributed by atoms with Gasteiger partial charge in [0.05, 0.1) is 19.3 Å². The maximum absolute atomic E-state index is 13.4. The summed E-state index contributed by atoms with van der Waals surface area (Å²) in [7, 11) is -3.66. The topological polar surface area (TPSA) is 105 Å². The molecule has 1 N–H and O–H groups in total. The molecule has 3 heterocycles. The maximum atomic E-state index is 13.4. The zero-order valence-electron chi connectivity index (χ0n) is 17.2. The molecule has 0 spiro atoms. The molecule has 31 heavy (non-hydrogen) atoms. The molecule has 9 nitrogen and oxygen atoms in total. The number of piperazine rings is 1. The Labute approximate surface area is 184 Å². The molecule has 2 aromatic rings. The summed E-state index contributed by atoms with van der Waals surface area (Å²) in [5.41, 5.74) is -0.939. The molecule has 4 rings (SSSR count). The number of carbonyl (C=O) groups is 2. The van der Waals surface area contributed by atoms with Crippen LogP contribution in [0.15, 0.2) is 35.7 Å². The van der Waals surface area contributed by atoms with Gasteiger partial charge in [0.25, 0.3) is 5.91 Å². The Balaban J connectivity index is 1.64. The third-order valence-electron chi connectivity index (χ3n) is 5.34. The number of amides is 2. The smallest absolute Gasteiger partial charge is 0.251 e. The molecule has 1 unspecified atom stereocenters. The van der Waals surface area contributed by atoms with E-state index in [4.69, 9.17) is 9.47 Å². The quantitative estimate of drug-likeness (QED) is 0.718. The Morgan fingerprint density at radius 1 is 1.23 bits per heavy atom. The summed E-state index contributed by atoms with van der Waals surface area (Å²) in [6.07, 6.45) is 1.04. The van der Waals surface area contributed by atoms with E-state index in [1.807, 2.05) is 17.5 Å². The van der Waals surface area contributed by atoms with Crippen molar-refractivity contribution >= 4 is 38.9 Å². The van der Waals surface area contributed by atoms with Crippen molar-refractivity contribution in [2.45, 2.75) is 19.0 Å². The maximum Gasteiger partial charge on any atom is 0.251 e. The predicted molar refractivity (Wildman–Crippen MR) is 116 cm³/mol. The van der Waals surface area contributed by atoms with Gasteiger partial charge in [0.1, 0.15) is 18.8 Å². The summed E-state index contributed by atoms with van der Waals surface area (Å²) in [5.74, 6) is 0.195. The van der Waals surface area contributed by atoms with Crippen molar-refractivity contribution in [1.82, 2.24) is 9.21 Å². The van der Waals surface area contributed by atoms with Crippen LogP contribution in [0.1, 0.15) is 11.8 Å². The highest BCUT2D eigenvalue weighted by atomic mass is 32.2. The molecule has 1 aromatic heterocycles. The fraction of sp³-hybridized carbons (Fsp3) is 0.400. The summed E-state index contributed by atoms with van der Waals surface area (Å²) in [6.45, 7) is 2.24. The van der Waals surface area contributed by atoms with Gasteiger partial charge in [0.15, 0.2) is 11.5 Å². The summed E-state index contributed by atoms with van der Waals surface area (Å²) in [4.78, 5) is 28.7. The highest BCUT2D eigenvalue weighted by molar-refractivity contribution is 7.88. The van der Waals surface area contributed by atoms with Gasteiger partial charge in [0.2, 0.25) is 15.9 Å². The van der Waals surface area contributed by atoms with Crippen LogP contribution >= 0.6 is 11.3 Å². The Kier molecular flexibility index (Phi) is 5.67. The Morgan fingerprint density at radius 3 is 2.65 bits per heavy atom. The molecule has 2 aliphatic heterocycles. The molecule has 1 atom stereocenters. The van der Waals surface area contributed by atoms with E-state index >= 15 is 0 Å². The minimum Gasteiger partial charge on any atom is -0.486 e. The molecule has 11 heteroatoms. The fourth-order valence-corrected chi connectivity index (χ4v) is 5.16. The van der Waals surface area contributed by atoms with Crippen LogP contribution in [0.3, 0.4) is 0 Å². The van der Waals surface area contributed by atoms with E-state index in [1.54, 1.807) is 25.1 Å². The summed E-state index contributed by atoms with van der Waals surface area (Å²) >= 11 is 1.47. The molecular formula is C20H23N3O6S2. The van der Waals surface area contributed by atoms with Crippen LogP contribution in [0.25, 0.3) is 0 Å². The monoisotopic (exact) mass is 465 g/mol. The van der Waals surface area contributed by atoms with Gasteiger partial charge in [-0.05, 0) is 30.5 Å². The predicted octanol–water partition coefficient (Wildman–Crippen LogP) is 1.52. The molecule has 0 bridgehead atoms. The highest BCUT2D eigenvalue weighted by Crippen LogP contribution is 2.34. The SMILES string of the molecule is CC1(C(=O)Nc2ccc3c(c2)OCCO3)CN(S(C)(=O)=O)CC(=O)N1Cc1cccs1. The van der Waals surface area contributed by atoms with E-state index in [1.165, 1.54) is 16.2 Å². The number of fused-ring (bicyclic) bond motifs is 1. The van der Waals surface area contributed by atoms with Crippen LogP contribution in [0.2, 0.25) is 0 Å². The zero-order chi connectivity index (χ0) is 22.2. The third-order valence-corrected chi connectivity index (χ3v) is 7.40.